The summed E-state index contributed by atoms with van der Waals surface area (Å²) in [5, 5.41) is 1.80. The summed E-state index contributed by atoms with van der Waals surface area (Å²) in [7, 11) is 0. The zero-order valence-corrected chi connectivity index (χ0v) is 11.9. The fraction of sp³-hybridized carbons (Fsp3) is 0.545. The second kappa shape index (κ2) is 7.27. The van der Waals surface area contributed by atoms with Gasteiger partial charge in [0, 0.05) is 18.1 Å². The lowest BCUT2D eigenvalue weighted by Gasteiger charge is -2.14. The van der Waals surface area contributed by atoms with Gasteiger partial charge in [0.2, 0.25) is 0 Å². The Bertz CT molecular complexity index is 448. The zero-order valence-electron chi connectivity index (χ0n) is 10.3. The van der Waals surface area contributed by atoms with E-state index in [1.54, 1.807) is 30.0 Å². The largest absolute Gasteiger partial charge is 0.465 e. The Hall–Kier alpha value is -1.21. The molecule has 5 nitrogen and oxygen atoms in total. The maximum atomic E-state index is 11.7. The highest BCUT2D eigenvalue weighted by Gasteiger charge is 2.30. The van der Waals surface area contributed by atoms with Crippen LogP contribution in [0.4, 0.5) is 0 Å². The molecule has 0 unspecified atom stereocenters. The Morgan fingerprint density at radius 3 is 2.28 bits per heavy atom. The van der Waals surface area contributed by atoms with Gasteiger partial charge in [-0.25, -0.2) is 0 Å². The highest BCUT2D eigenvalue weighted by molar-refractivity contribution is 7.73. The van der Waals surface area contributed by atoms with Gasteiger partial charge < -0.3 is 14.0 Å². The molecule has 18 heavy (non-hydrogen) atoms. The first-order valence-corrected chi connectivity index (χ1v) is 6.86. The fourth-order valence-electron chi connectivity index (χ4n) is 1.35. The summed E-state index contributed by atoms with van der Waals surface area (Å²) in [6.45, 7) is 3.99. The van der Waals surface area contributed by atoms with Crippen LogP contribution >= 0.6 is 23.6 Å². The van der Waals surface area contributed by atoms with E-state index < -0.39 is 17.9 Å². The highest BCUT2D eigenvalue weighted by Crippen LogP contribution is 2.11. The summed E-state index contributed by atoms with van der Waals surface area (Å²) >= 11 is 6.45. The topological polar surface area (TPSA) is 57.5 Å². The Balaban J connectivity index is 2.84. The molecule has 0 aliphatic carbocycles. The van der Waals surface area contributed by atoms with Gasteiger partial charge in [-0.2, -0.15) is 0 Å². The molecule has 1 heterocycles. The van der Waals surface area contributed by atoms with E-state index in [0.717, 1.165) is 0 Å². The van der Waals surface area contributed by atoms with Crippen molar-refractivity contribution in [3.8, 4) is 0 Å². The van der Waals surface area contributed by atoms with Crippen LogP contribution in [-0.2, 0) is 25.6 Å². The van der Waals surface area contributed by atoms with Gasteiger partial charge in [-0.05, 0) is 26.1 Å². The minimum Gasteiger partial charge on any atom is -0.465 e. The van der Waals surface area contributed by atoms with Gasteiger partial charge >= 0.3 is 11.9 Å². The van der Waals surface area contributed by atoms with Crippen molar-refractivity contribution in [3.63, 3.8) is 0 Å². The van der Waals surface area contributed by atoms with E-state index in [0.29, 0.717) is 3.95 Å². The third kappa shape index (κ3) is 3.92. The first kappa shape index (κ1) is 14.8. The van der Waals surface area contributed by atoms with E-state index in [1.165, 1.54) is 11.3 Å². The van der Waals surface area contributed by atoms with Crippen molar-refractivity contribution in [2.75, 3.05) is 13.2 Å². The van der Waals surface area contributed by atoms with Crippen molar-refractivity contribution in [3.05, 3.63) is 15.5 Å². The fourth-order valence-corrected chi connectivity index (χ4v) is 2.25. The van der Waals surface area contributed by atoms with Gasteiger partial charge in [0.25, 0.3) is 0 Å². The second-order valence-corrected chi connectivity index (χ2v) is 4.92. The van der Waals surface area contributed by atoms with E-state index >= 15 is 0 Å². The van der Waals surface area contributed by atoms with Crippen LogP contribution < -0.4 is 0 Å². The average Bonchev–Trinajstić information content (AvgIpc) is 2.72. The first-order valence-electron chi connectivity index (χ1n) is 5.57. The summed E-state index contributed by atoms with van der Waals surface area (Å²) in [6.07, 6.45) is 1.73. The van der Waals surface area contributed by atoms with Crippen LogP contribution in [0.15, 0.2) is 11.6 Å². The molecule has 0 saturated carbocycles. The number of carbonyl (C=O) groups excluding carboxylic acids is 2. The molecule has 7 heteroatoms. The summed E-state index contributed by atoms with van der Waals surface area (Å²) in [5.74, 6) is -2.13. The lowest BCUT2D eigenvalue weighted by Crippen LogP contribution is -2.31. The van der Waals surface area contributed by atoms with Gasteiger partial charge in [0.15, 0.2) is 9.87 Å². The molecule has 0 fully saturated rings. The van der Waals surface area contributed by atoms with E-state index in [4.69, 9.17) is 21.7 Å². The number of esters is 2. The molecule has 0 aliphatic rings. The predicted molar refractivity (Wildman–Crippen MR) is 69.9 cm³/mol. The maximum Gasteiger partial charge on any atom is 0.322 e. The van der Waals surface area contributed by atoms with Gasteiger partial charge in [0.1, 0.15) is 0 Å². The molecular weight excluding hydrogens is 274 g/mol. The third-order valence-corrected chi connectivity index (χ3v) is 3.38. The summed E-state index contributed by atoms with van der Waals surface area (Å²) in [4.78, 5) is 23.5. The summed E-state index contributed by atoms with van der Waals surface area (Å²) in [5.41, 5.74) is 0. The molecule has 100 valence electrons. The summed E-state index contributed by atoms with van der Waals surface area (Å²) < 4.78 is 12.0. The molecule has 0 aliphatic heterocycles. The lowest BCUT2D eigenvalue weighted by atomic mass is 10.1. The zero-order chi connectivity index (χ0) is 13.5. The van der Waals surface area contributed by atoms with E-state index in [9.17, 15) is 9.59 Å². The first-order chi connectivity index (χ1) is 8.60. The molecule has 0 radical (unpaired) electrons. The Morgan fingerprint density at radius 1 is 1.33 bits per heavy atom. The van der Waals surface area contributed by atoms with Gasteiger partial charge in [-0.3, -0.25) is 9.59 Å². The Morgan fingerprint density at radius 2 is 1.89 bits per heavy atom. The Kier molecular flexibility index (Phi) is 6.00. The van der Waals surface area contributed by atoms with Crippen LogP contribution in [0.25, 0.3) is 0 Å². The van der Waals surface area contributed by atoms with Crippen LogP contribution in [0.1, 0.15) is 13.8 Å². The quantitative estimate of drug-likeness (QED) is 0.455. The molecule has 0 aromatic carbocycles. The van der Waals surface area contributed by atoms with Crippen LogP contribution in [0, 0.1) is 9.87 Å². The highest BCUT2D eigenvalue weighted by atomic mass is 32.1. The number of carbonyl (C=O) groups is 2. The van der Waals surface area contributed by atoms with Gasteiger partial charge in [0.05, 0.1) is 13.2 Å². The van der Waals surface area contributed by atoms with Crippen LogP contribution in [0.2, 0.25) is 0 Å². The lowest BCUT2D eigenvalue weighted by molar-refractivity contribution is -0.162. The van der Waals surface area contributed by atoms with Crippen molar-refractivity contribution in [2.45, 2.75) is 20.4 Å². The predicted octanol–water partition coefficient (Wildman–Crippen LogP) is 2.02. The molecule has 1 aromatic rings. The molecule has 0 atom stereocenters. The Labute approximate surface area is 114 Å². The molecule has 0 saturated heterocycles. The molecule has 0 spiro atoms. The number of thiazole rings is 1. The summed E-state index contributed by atoms with van der Waals surface area (Å²) in [6, 6.07) is 0. The number of hydrogen-bond donors (Lipinski definition) is 0. The molecule has 1 aromatic heterocycles. The number of hydrogen-bond acceptors (Lipinski definition) is 6. The number of nitrogens with zero attached hydrogens (tertiary/aromatic N) is 1. The van der Waals surface area contributed by atoms with Gasteiger partial charge in [-0.1, -0.05) is 0 Å². The minimum absolute atomic E-state index is 0.153. The molecule has 0 N–H and O–H groups in total. The van der Waals surface area contributed by atoms with E-state index in [-0.39, 0.29) is 19.8 Å². The standard InChI is InChI=1S/C11H15NO4S2/c1-3-15-9(13)8(10(14)16-4-2)7-12-5-6-18-11(12)17/h5-6,8H,3-4,7H2,1-2H3. The normalized spacial score (nSPS) is 10.4. The number of rotatable bonds is 6. The third-order valence-electron chi connectivity index (χ3n) is 2.17. The van der Waals surface area contributed by atoms with Crippen LogP contribution in [-0.4, -0.2) is 29.7 Å². The van der Waals surface area contributed by atoms with Crippen molar-refractivity contribution < 1.29 is 19.1 Å². The minimum atomic E-state index is -0.966. The maximum absolute atomic E-state index is 11.7. The number of aromatic nitrogens is 1. The monoisotopic (exact) mass is 289 g/mol. The van der Waals surface area contributed by atoms with E-state index in [1.807, 2.05) is 0 Å². The average molecular weight is 289 g/mol. The van der Waals surface area contributed by atoms with Gasteiger partial charge in [-0.15, -0.1) is 11.3 Å². The van der Waals surface area contributed by atoms with Crippen LogP contribution in [0.5, 0.6) is 0 Å². The van der Waals surface area contributed by atoms with Crippen molar-refractivity contribution in [1.29, 1.82) is 0 Å². The molecule has 0 bridgehead atoms. The molecule has 1 rings (SSSR count). The molecule has 0 amide bonds. The van der Waals surface area contributed by atoms with Crippen molar-refractivity contribution >= 4 is 35.5 Å². The smallest absolute Gasteiger partial charge is 0.322 e. The van der Waals surface area contributed by atoms with Crippen LogP contribution in [0.3, 0.4) is 0 Å². The van der Waals surface area contributed by atoms with Crippen molar-refractivity contribution in [1.82, 2.24) is 4.57 Å². The number of ether oxygens (including phenoxy) is 2. The SMILES string of the molecule is CCOC(=O)C(Cn1ccsc1=S)C(=O)OCC. The molecular formula is C11H15NO4S2. The van der Waals surface area contributed by atoms with Crippen molar-refractivity contribution in [2.24, 2.45) is 5.92 Å². The second-order valence-electron chi connectivity index (χ2n) is 3.38. The van der Waals surface area contributed by atoms with E-state index in [2.05, 4.69) is 0 Å².